The fourth-order valence-corrected chi connectivity index (χ4v) is 2.04. The maximum Gasteiger partial charge on any atom is 0.231 e. The number of hydrogen-bond acceptors (Lipinski definition) is 3. The summed E-state index contributed by atoms with van der Waals surface area (Å²) in [6, 6.07) is 7.09. The van der Waals surface area contributed by atoms with Gasteiger partial charge in [0.2, 0.25) is 5.78 Å². The summed E-state index contributed by atoms with van der Waals surface area (Å²) in [4.78, 5) is 12.2. The quantitative estimate of drug-likeness (QED) is 0.666. The van der Waals surface area contributed by atoms with Crippen molar-refractivity contribution in [2.75, 3.05) is 0 Å². The van der Waals surface area contributed by atoms with Crippen molar-refractivity contribution in [2.24, 2.45) is 7.05 Å². The van der Waals surface area contributed by atoms with E-state index in [1.807, 2.05) is 12.1 Å². The number of ketones is 1. The lowest BCUT2D eigenvalue weighted by molar-refractivity contribution is 0.101. The van der Waals surface area contributed by atoms with Gasteiger partial charge < -0.3 is 4.42 Å². The predicted molar refractivity (Wildman–Crippen MR) is 67.9 cm³/mol. The molecule has 0 radical (unpaired) electrons. The van der Waals surface area contributed by atoms with Crippen LogP contribution in [0.15, 0.2) is 41.1 Å². The van der Waals surface area contributed by atoms with E-state index in [0.29, 0.717) is 16.2 Å². The number of hydrogen-bond donors (Lipinski definition) is 0. The predicted octanol–water partition coefficient (Wildman–Crippen LogP) is 3.05. The number of benzene rings is 1. The lowest BCUT2D eigenvalue weighted by Gasteiger charge is -1.91. The molecule has 0 aliphatic heterocycles. The highest BCUT2D eigenvalue weighted by atomic mass is 35.5. The summed E-state index contributed by atoms with van der Waals surface area (Å²) in [6.07, 6.45) is 3.16. The largest absolute Gasteiger partial charge is 0.451 e. The highest BCUT2D eigenvalue weighted by Gasteiger charge is 2.16. The van der Waals surface area contributed by atoms with Crippen molar-refractivity contribution >= 4 is 28.4 Å². The molecule has 0 aliphatic rings. The first-order chi connectivity index (χ1) is 8.65. The van der Waals surface area contributed by atoms with Gasteiger partial charge in [-0.3, -0.25) is 9.48 Å². The first-order valence-electron chi connectivity index (χ1n) is 5.36. The summed E-state index contributed by atoms with van der Waals surface area (Å²) in [5, 5.41) is 5.28. The van der Waals surface area contributed by atoms with Crippen LogP contribution >= 0.6 is 11.6 Å². The molecule has 0 spiro atoms. The lowest BCUT2D eigenvalue weighted by Crippen LogP contribution is -1.97. The molecule has 90 valence electrons. The molecule has 0 saturated heterocycles. The number of para-hydroxylation sites is 1. The van der Waals surface area contributed by atoms with E-state index in [0.717, 1.165) is 5.39 Å². The SMILES string of the molecule is Cn1cc(C(=O)c2cc3cccc(Cl)c3o2)cn1. The number of halogens is 1. The average molecular weight is 261 g/mol. The molecule has 2 heterocycles. The minimum Gasteiger partial charge on any atom is -0.451 e. The molecular weight excluding hydrogens is 252 g/mol. The Hall–Kier alpha value is -2.07. The van der Waals surface area contributed by atoms with Crippen LogP contribution in [-0.4, -0.2) is 15.6 Å². The maximum atomic E-state index is 12.2. The third-order valence-electron chi connectivity index (χ3n) is 2.69. The van der Waals surface area contributed by atoms with Gasteiger partial charge in [-0.1, -0.05) is 23.7 Å². The Bertz CT molecular complexity index is 742. The fourth-order valence-electron chi connectivity index (χ4n) is 1.82. The van der Waals surface area contributed by atoms with Crippen molar-refractivity contribution in [1.82, 2.24) is 9.78 Å². The first-order valence-corrected chi connectivity index (χ1v) is 5.74. The normalized spacial score (nSPS) is 11.0. The van der Waals surface area contributed by atoms with Crippen LogP contribution in [0, 0.1) is 0 Å². The highest BCUT2D eigenvalue weighted by molar-refractivity contribution is 6.35. The first kappa shape index (κ1) is 11.0. The van der Waals surface area contributed by atoms with E-state index >= 15 is 0 Å². The van der Waals surface area contributed by atoms with Crippen LogP contribution in [0.3, 0.4) is 0 Å². The minimum atomic E-state index is -0.199. The van der Waals surface area contributed by atoms with Gasteiger partial charge in [-0.25, -0.2) is 0 Å². The third kappa shape index (κ3) is 1.71. The Kier molecular flexibility index (Phi) is 2.45. The second kappa shape index (κ2) is 3.99. The molecule has 2 aromatic heterocycles. The number of rotatable bonds is 2. The monoisotopic (exact) mass is 260 g/mol. The van der Waals surface area contributed by atoms with Gasteiger partial charge in [0.25, 0.3) is 0 Å². The van der Waals surface area contributed by atoms with Gasteiger partial charge in [-0.15, -0.1) is 0 Å². The fraction of sp³-hybridized carbons (Fsp3) is 0.0769. The zero-order valence-corrected chi connectivity index (χ0v) is 10.3. The van der Waals surface area contributed by atoms with E-state index in [1.54, 1.807) is 30.1 Å². The van der Waals surface area contributed by atoms with E-state index in [9.17, 15) is 4.79 Å². The minimum absolute atomic E-state index is 0.199. The van der Waals surface area contributed by atoms with E-state index < -0.39 is 0 Å². The summed E-state index contributed by atoms with van der Waals surface area (Å²) in [5.41, 5.74) is 1.03. The number of aryl methyl sites for hydroxylation is 1. The smallest absolute Gasteiger partial charge is 0.231 e. The second-order valence-corrected chi connectivity index (χ2v) is 4.41. The molecule has 0 unspecified atom stereocenters. The topological polar surface area (TPSA) is 48.0 Å². The Morgan fingerprint density at radius 3 is 2.94 bits per heavy atom. The van der Waals surface area contributed by atoms with Crippen molar-refractivity contribution in [3.8, 4) is 0 Å². The maximum absolute atomic E-state index is 12.2. The van der Waals surface area contributed by atoms with Gasteiger partial charge in [0, 0.05) is 18.6 Å². The van der Waals surface area contributed by atoms with Crippen LogP contribution in [0.25, 0.3) is 11.0 Å². The van der Waals surface area contributed by atoms with Crippen molar-refractivity contribution < 1.29 is 9.21 Å². The Morgan fingerprint density at radius 2 is 2.28 bits per heavy atom. The molecule has 3 aromatic rings. The van der Waals surface area contributed by atoms with Crippen molar-refractivity contribution in [3.05, 3.63) is 53.0 Å². The summed E-state index contributed by atoms with van der Waals surface area (Å²) >= 11 is 6.00. The summed E-state index contributed by atoms with van der Waals surface area (Å²) in [6.45, 7) is 0. The van der Waals surface area contributed by atoms with Gasteiger partial charge in [-0.2, -0.15) is 5.10 Å². The van der Waals surface area contributed by atoms with Gasteiger partial charge in [0.15, 0.2) is 11.3 Å². The molecule has 0 atom stereocenters. The number of fused-ring (bicyclic) bond motifs is 1. The second-order valence-electron chi connectivity index (χ2n) is 4.00. The van der Waals surface area contributed by atoms with E-state index in [2.05, 4.69) is 5.10 Å². The number of carbonyl (C=O) groups excluding carboxylic acids is 1. The number of nitrogens with zero attached hydrogens (tertiary/aromatic N) is 2. The van der Waals surface area contributed by atoms with Gasteiger partial charge in [-0.05, 0) is 12.1 Å². The lowest BCUT2D eigenvalue weighted by atomic mass is 10.2. The molecule has 0 bridgehead atoms. The van der Waals surface area contributed by atoms with Crippen LogP contribution in [0.2, 0.25) is 5.02 Å². The Morgan fingerprint density at radius 1 is 1.44 bits per heavy atom. The Balaban J connectivity index is 2.10. The average Bonchev–Trinajstić information content (AvgIpc) is 2.95. The van der Waals surface area contributed by atoms with Crippen LogP contribution in [0.4, 0.5) is 0 Å². The molecule has 18 heavy (non-hydrogen) atoms. The Labute approximate surface area is 108 Å². The van der Waals surface area contributed by atoms with Gasteiger partial charge in [0.05, 0.1) is 16.8 Å². The summed E-state index contributed by atoms with van der Waals surface area (Å²) < 4.78 is 7.08. The van der Waals surface area contributed by atoms with Crippen molar-refractivity contribution in [3.63, 3.8) is 0 Å². The standard InChI is InChI=1S/C13H9ClN2O2/c1-16-7-9(6-15-16)12(17)11-5-8-3-2-4-10(14)13(8)18-11/h2-7H,1H3. The van der Waals surface area contributed by atoms with E-state index in [-0.39, 0.29) is 11.5 Å². The van der Waals surface area contributed by atoms with E-state index in [1.165, 1.54) is 6.20 Å². The number of furan rings is 1. The molecule has 0 amide bonds. The van der Waals surface area contributed by atoms with Crippen LogP contribution < -0.4 is 0 Å². The molecular formula is C13H9ClN2O2. The molecule has 3 rings (SSSR count). The van der Waals surface area contributed by atoms with Crippen LogP contribution in [0.5, 0.6) is 0 Å². The van der Waals surface area contributed by atoms with Crippen LogP contribution in [0.1, 0.15) is 16.1 Å². The highest BCUT2D eigenvalue weighted by Crippen LogP contribution is 2.27. The summed E-state index contributed by atoms with van der Waals surface area (Å²) in [5.74, 6) is 0.0708. The molecule has 0 aliphatic carbocycles. The molecule has 0 N–H and O–H groups in total. The zero-order valence-electron chi connectivity index (χ0n) is 9.55. The molecule has 1 aromatic carbocycles. The molecule has 0 fully saturated rings. The zero-order chi connectivity index (χ0) is 12.7. The molecule has 4 nitrogen and oxygen atoms in total. The van der Waals surface area contributed by atoms with E-state index in [4.69, 9.17) is 16.0 Å². The number of aromatic nitrogens is 2. The molecule has 5 heteroatoms. The van der Waals surface area contributed by atoms with Crippen molar-refractivity contribution in [1.29, 1.82) is 0 Å². The third-order valence-corrected chi connectivity index (χ3v) is 2.98. The van der Waals surface area contributed by atoms with Gasteiger partial charge in [0.1, 0.15) is 0 Å². The van der Waals surface area contributed by atoms with Crippen LogP contribution in [-0.2, 0) is 7.05 Å². The van der Waals surface area contributed by atoms with Gasteiger partial charge >= 0.3 is 0 Å². The van der Waals surface area contributed by atoms with Crippen molar-refractivity contribution in [2.45, 2.75) is 0 Å². The number of carbonyl (C=O) groups is 1. The summed E-state index contributed by atoms with van der Waals surface area (Å²) in [7, 11) is 1.76. The molecule has 0 saturated carbocycles.